The van der Waals surface area contributed by atoms with Gasteiger partial charge in [0.2, 0.25) is 5.91 Å². The highest BCUT2D eigenvalue weighted by Crippen LogP contribution is 2.20. The number of amides is 1. The van der Waals surface area contributed by atoms with Gasteiger partial charge in [0.15, 0.2) is 0 Å². The molecule has 1 saturated heterocycles. The minimum Gasteiger partial charge on any atom is -0.358 e. The van der Waals surface area contributed by atoms with Gasteiger partial charge in [-0.3, -0.25) is 9.69 Å². The highest BCUT2D eigenvalue weighted by Gasteiger charge is 2.24. The van der Waals surface area contributed by atoms with Crippen LogP contribution in [0.1, 0.15) is 39.3 Å². The van der Waals surface area contributed by atoms with E-state index in [2.05, 4.69) is 5.32 Å². The topological polar surface area (TPSA) is 32.3 Å². The molecule has 1 aliphatic heterocycles. The van der Waals surface area contributed by atoms with Gasteiger partial charge in [-0.1, -0.05) is 13.2 Å². The Morgan fingerprint density at radius 2 is 2.69 bits per heavy atom. The van der Waals surface area contributed by atoms with Crippen LogP contribution in [0.5, 0.6) is 0 Å². The van der Waals surface area contributed by atoms with Crippen LogP contribution < -0.4 is 5.32 Å². The Kier molecular flexibility index (Phi) is 2.15. The summed E-state index contributed by atoms with van der Waals surface area (Å²) < 4.78 is 36.9. The molecule has 3 nitrogen and oxygen atoms in total. The molecule has 3 heteroatoms. The predicted octanol–water partition coefficient (Wildman–Crippen LogP) is 0.997. The number of carbonyl (C=O) groups excluding carboxylic acids is 1. The Hall–Kier alpha value is -0.570. The van der Waals surface area contributed by atoms with E-state index in [-0.39, 0.29) is 24.9 Å². The van der Waals surface area contributed by atoms with Crippen molar-refractivity contribution in [2.45, 2.75) is 38.5 Å². The lowest BCUT2D eigenvalue weighted by atomic mass is 10.1. The third-order valence-electron chi connectivity index (χ3n) is 2.46. The molecule has 1 N–H and O–H groups in total. The van der Waals surface area contributed by atoms with Crippen LogP contribution in [-0.4, -0.2) is 37.0 Å². The van der Waals surface area contributed by atoms with E-state index in [0.29, 0.717) is 0 Å². The number of hydrogen-bond donors (Lipinski definition) is 1. The van der Waals surface area contributed by atoms with Crippen molar-refractivity contribution in [2.24, 2.45) is 0 Å². The molecule has 0 radical (unpaired) electrons. The molecule has 1 rings (SSSR count). The summed E-state index contributed by atoms with van der Waals surface area (Å²) in [6.45, 7) is -1.69. The summed E-state index contributed by atoms with van der Waals surface area (Å²) in [4.78, 5) is 13.2. The van der Waals surface area contributed by atoms with Gasteiger partial charge in [0.1, 0.15) is 0 Å². The average Bonchev–Trinajstić information content (AvgIpc) is 2.63. The molecule has 1 atom stereocenters. The van der Waals surface area contributed by atoms with Crippen LogP contribution in [0, 0.1) is 0 Å². The first-order chi connectivity index (χ1) is 8.17. The maximum Gasteiger partial charge on any atom is 0.233 e. The largest absolute Gasteiger partial charge is 0.358 e. The van der Waals surface area contributed by atoms with Crippen molar-refractivity contribution in [3.63, 3.8) is 0 Å². The lowest BCUT2D eigenvalue weighted by molar-refractivity contribution is -0.122. The molecule has 0 aliphatic carbocycles. The number of likely N-dealkylation sites (tertiary alicyclic amines) is 1. The fourth-order valence-electron chi connectivity index (χ4n) is 1.72. The van der Waals surface area contributed by atoms with Crippen LogP contribution in [0.2, 0.25) is 0 Å². The molecular formula is C10H20N2O. The van der Waals surface area contributed by atoms with Gasteiger partial charge in [-0.05, 0) is 25.8 Å². The van der Waals surface area contributed by atoms with Crippen LogP contribution in [0.4, 0.5) is 0 Å². The van der Waals surface area contributed by atoms with Crippen molar-refractivity contribution in [3.05, 3.63) is 0 Å². The quantitative estimate of drug-likeness (QED) is 0.532. The minimum atomic E-state index is -2.62. The maximum absolute atomic E-state index is 11.3. The number of nitrogens with one attached hydrogen (secondary N) is 1. The Labute approximate surface area is 87.5 Å². The zero-order valence-electron chi connectivity index (χ0n) is 13.0. The van der Waals surface area contributed by atoms with Crippen molar-refractivity contribution in [2.75, 3.05) is 20.1 Å². The van der Waals surface area contributed by atoms with Crippen LogP contribution in [0.3, 0.4) is 0 Å². The summed E-state index contributed by atoms with van der Waals surface area (Å²) >= 11 is 0. The van der Waals surface area contributed by atoms with Gasteiger partial charge in [0.05, 0.1) is 6.54 Å². The van der Waals surface area contributed by atoms with Crippen molar-refractivity contribution in [1.82, 2.24) is 10.2 Å². The van der Waals surface area contributed by atoms with E-state index in [9.17, 15) is 4.79 Å². The Morgan fingerprint density at radius 1 is 1.85 bits per heavy atom. The summed E-state index contributed by atoms with van der Waals surface area (Å²) in [6, 6.07) is -0.169. The lowest BCUT2D eigenvalue weighted by Gasteiger charge is -2.22. The third kappa shape index (κ3) is 2.99. The monoisotopic (exact) mass is 192 g/mol. The zero-order chi connectivity index (χ0) is 14.0. The number of likely N-dealkylation sites (N-methyl/N-ethyl adjacent to an activating group) is 1. The van der Waals surface area contributed by atoms with Gasteiger partial charge in [0.25, 0.3) is 0 Å². The molecule has 1 heterocycles. The molecule has 0 aromatic heterocycles. The van der Waals surface area contributed by atoms with Crippen molar-refractivity contribution >= 4 is 5.91 Å². The Morgan fingerprint density at radius 3 is 3.38 bits per heavy atom. The first-order valence-electron chi connectivity index (χ1n) is 7.12. The molecule has 76 valence electrons. The van der Waals surface area contributed by atoms with Gasteiger partial charge >= 0.3 is 0 Å². The first-order valence-corrected chi connectivity index (χ1v) is 4.62. The molecule has 1 aliphatic rings. The minimum absolute atomic E-state index is 0.0551. The highest BCUT2D eigenvalue weighted by atomic mass is 16.2. The average molecular weight is 192 g/mol. The summed E-state index contributed by atoms with van der Waals surface area (Å²) in [5.74, 6) is -0.128. The molecule has 0 aromatic rings. The normalized spacial score (nSPS) is 31.2. The summed E-state index contributed by atoms with van der Waals surface area (Å²) in [7, 11) is 1.55. The maximum atomic E-state index is 11.3. The van der Waals surface area contributed by atoms with Gasteiger partial charge in [0, 0.05) is 19.9 Å². The molecule has 1 amide bonds. The smallest absolute Gasteiger partial charge is 0.233 e. The third-order valence-corrected chi connectivity index (χ3v) is 2.46. The van der Waals surface area contributed by atoms with Gasteiger partial charge in [-0.2, -0.15) is 0 Å². The van der Waals surface area contributed by atoms with Gasteiger partial charge in [-0.25, -0.2) is 0 Å². The second-order valence-corrected chi connectivity index (χ2v) is 3.32. The van der Waals surface area contributed by atoms with Crippen LogP contribution >= 0.6 is 0 Å². The highest BCUT2D eigenvalue weighted by molar-refractivity contribution is 5.77. The molecular weight excluding hydrogens is 167 g/mol. The van der Waals surface area contributed by atoms with E-state index in [1.54, 1.807) is 7.05 Å². The molecule has 0 bridgehead atoms. The fraction of sp³-hybridized carbons (Fsp3) is 0.900. The molecule has 1 fully saturated rings. The Balaban J connectivity index is 2.63. The van der Waals surface area contributed by atoms with Crippen LogP contribution in [0.15, 0.2) is 0 Å². The lowest BCUT2D eigenvalue weighted by Crippen LogP contribution is -2.38. The molecule has 13 heavy (non-hydrogen) atoms. The van der Waals surface area contributed by atoms with E-state index in [0.717, 1.165) is 19.4 Å². The zero-order valence-corrected chi connectivity index (χ0v) is 7.97. The number of nitrogens with zero attached hydrogens (tertiary/aromatic N) is 1. The van der Waals surface area contributed by atoms with E-state index in [4.69, 9.17) is 6.85 Å². The van der Waals surface area contributed by atoms with E-state index < -0.39 is 13.2 Å². The van der Waals surface area contributed by atoms with Crippen molar-refractivity contribution in [1.29, 1.82) is 0 Å². The molecule has 0 aromatic carbocycles. The second kappa shape index (κ2) is 5.22. The first kappa shape index (κ1) is 5.35. The molecule has 1 unspecified atom stereocenters. The molecule has 0 saturated carbocycles. The summed E-state index contributed by atoms with van der Waals surface area (Å²) in [6.07, 6.45) is -0.644. The SMILES string of the molecule is [2H]C([2H])([2H])C([2H])([2H])CC1CCCN1[13CH2]C(=O)[15NH][13CH3]. The number of hydrogen-bond acceptors (Lipinski definition) is 2. The van der Waals surface area contributed by atoms with Crippen molar-refractivity contribution in [3.8, 4) is 0 Å². The second-order valence-electron chi connectivity index (χ2n) is 3.32. The van der Waals surface area contributed by atoms with Gasteiger partial charge < -0.3 is 5.32 Å². The van der Waals surface area contributed by atoms with E-state index in [1.807, 2.05) is 4.90 Å². The van der Waals surface area contributed by atoms with Crippen LogP contribution in [0.25, 0.3) is 0 Å². The van der Waals surface area contributed by atoms with E-state index >= 15 is 0 Å². The Bertz CT molecular complexity index is 305. The predicted molar refractivity (Wildman–Crippen MR) is 53.6 cm³/mol. The fourth-order valence-corrected chi connectivity index (χ4v) is 1.72. The van der Waals surface area contributed by atoms with Gasteiger partial charge in [-0.15, -0.1) is 0 Å². The molecule has 0 spiro atoms. The number of rotatable bonds is 4. The van der Waals surface area contributed by atoms with Crippen LogP contribution in [-0.2, 0) is 4.79 Å². The standard InChI is InChI=1S/C10H20N2O/c1-3-5-9-6-4-7-12(9)8-10(13)11-2/h9H,3-8H2,1-2H3,(H,11,13)/i1D3,2+1,3D2,8+1,11+1. The van der Waals surface area contributed by atoms with E-state index in [1.165, 1.54) is 0 Å². The summed E-state index contributed by atoms with van der Waals surface area (Å²) in [5.41, 5.74) is 0. The summed E-state index contributed by atoms with van der Waals surface area (Å²) in [5, 5.41) is 2.52. The van der Waals surface area contributed by atoms with Crippen molar-refractivity contribution < 1.29 is 11.6 Å². The number of carbonyl (C=O) groups is 1.